The number of halogens is 3. The van der Waals surface area contributed by atoms with Crippen molar-refractivity contribution in [3.05, 3.63) is 123 Å². The SMILES string of the molecule is CCOc1ccccc1N(CC(=O)N(Cc1c(Cl)cccc1Cl)[C@H](Cc1ccccc1)C(=O)NC1CCCC1)S(=O)(=O)c1ccc(Cl)cc1. The van der Waals surface area contributed by atoms with Gasteiger partial charge in [-0.2, -0.15) is 0 Å². The molecule has 0 aromatic heterocycles. The Kier molecular flexibility index (Phi) is 12.5. The first-order chi connectivity index (χ1) is 23.6. The number of carbonyl (C=O) groups is 2. The summed E-state index contributed by atoms with van der Waals surface area (Å²) < 4.78 is 35.6. The second-order valence-corrected chi connectivity index (χ2v) is 14.9. The Morgan fingerprint density at radius 2 is 1.49 bits per heavy atom. The Balaban J connectivity index is 1.62. The molecule has 0 unspecified atom stereocenters. The molecule has 5 rings (SSSR count). The molecule has 0 spiro atoms. The third-order valence-electron chi connectivity index (χ3n) is 8.48. The number of para-hydroxylation sites is 2. The van der Waals surface area contributed by atoms with Crippen LogP contribution in [-0.4, -0.2) is 50.4 Å². The molecule has 1 saturated carbocycles. The Morgan fingerprint density at radius 1 is 0.857 bits per heavy atom. The van der Waals surface area contributed by atoms with Crippen molar-refractivity contribution >= 4 is 62.3 Å². The Hall–Kier alpha value is -3.76. The van der Waals surface area contributed by atoms with Crippen LogP contribution in [0.15, 0.2) is 102 Å². The Bertz CT molecular complexity index is 1830. The van der Waals surface area contributed by atoms with Gasteiger partial charge in [0.25, 0.3) is 10.0 Å². The summed E-state index contributed by atoms with van der Waals surface area (Å²) in [6.07, 6.45) is 3.86. The molecule has 1 N–H and O–H groups in total. The van der Waals surface area contributed by atoms with Gasteiger partial charge in [0, 0.05) is 39.6 Å². The van der Waals surface area contributed by atoms with Gasteiger partial charge in [-0.15, -0.1) is 0 Å². The molecule has 49 heavy (non-hydrogen) atoms. The predicted octanol–water partition coefficient (Wildman–Crippen LogP) is 7.94. The Labute approximate surface area is 303 Å². The molecule has 1 atom stereocenters. The van der Waals surface area contributed by atoms with E-state index in [4.69, 9.17) is 39.5 Å². The van der Waals surface area contributed by atoms with Gasteiger partial charge in [-0.05, 0) is 73.9 Å². The van der Waals surface area contributed by atoms with Crippen molar-refractivity contribution < 1.29 is 22.7 Å². The smallest absolute Gasteiger partial charge is 0.264 e. The third kappa shape index (κ3) is 9.08. The fourth-order valence-corrected chi connectivity index (χ4v) is 8.03. The number of carbonyl (C=O) groups excluding carboxylic acids is 2. The zero-order valence-electron chi connectivity index (χ0n) is 27.0. The van der Waals surface area contributed by atoms with Gasteiger partial charge in [0.1, 0.15) is 18.3 Å². The van der Waals surface area contributed by atoms with Gasteiger partial charge in [-0.25, -0.2) is 8.42 Å². The number of nitrogens with zero attached hydrogens (tertiary/aromatic N) is 2. The van der Waals surface area contributed by atoms with E-state index >= 15 is 0 Å². The summed E-state index contributed by atoms with van der Waals surface area (Å²) in [5, 5.41) is 4.14. The first-order valence-corrected chi connectivity index (χ1v) is 18.7. The van der Waals surface area contributed by atoms with E-state index in [0.29, 0.717) is 20.6 Å². The largest absolute Gasteiger partial charge is 0.492 e. The van der Waals surface area contributed by atoms with E-state index in [-0.39, 0.29) is 47.9 Å². The van der Waals surface area contributed by atoms with E-state index < -0.39 is 28.5 Å². The average Bonchev–Trinajstić information content (AvgIpc) is 3.60. The van der Waals surface area contributed by atoms with Crippen LogP contribution in [0.5, 0.6) is 5.75 Å². The molecule has 258 valence electrons. The van der Waals surface area contributed by atoms with E-state index in [0.717, 1.165) is 35.6 Å². The number of rotatable bonds is 14. The second-order valence-electron chi connectivity index (χ2n) is 11.8. The standard InChI is InChI=1S/C37H38Cl3N3O5S/c1-2-48-35-18-9-8-17-33(35)43(49(46,47)29-21-19-27(38)20-22-29)25-36(44)42(24-30-31(39)15-10-16-32(30)40)34(23-26-11-4-3-5-12-26)37(45)41-28-13-6-7-14-28/h3-5,8-12,15-22,28,34H,2,6-7,13-14,23-25H2,1H3,(H,41,45)/t34-/m1/s1. The highest BCUT2D eigenvalue weighted by Gasteiger charge is 2.37. The molecular formula is C37H38Cl3N3O5S. The number of hydrogen-bond donors (Lipinski definition) is 1. The van der Waals surface area contributed by atoms with Crippen LogP contribution in [0.1, 0.15) is 43.7 Å². The van der Waals surface area contributed by atoms with Gasteiger partial charge >= 0.3 is 0 Å². The van der Waals surface area contributed by atoms with Crippen molar-refractivity contribution in [1.82, 2.24) is 10.2 Å². The van der Waals surface area contributed by atoms with Crippen LogP contribution in [0, 0.1) is 0 Å². The van der Waals surface area contributed by atoms with Gasteiger partial charge in [0.2, 0.25) is 11.8 Å². The predicted molar refractivity (Wildman–Crippen MR) is 195 cm³/mol. The fraction of sp³-hybridized carbons (Fsp3) is 0.297. The monoisotopic (exact) mass is 741 g/mol. The summed E-state index contributed by atoms with van der Waals surface area (Å²) in [5.74, 6) is -0.702. The van der Waals surface area contributed by atoms with Crippen molar-refractivity contribution in [2.45, 2.75) is 62.6 Å². The van der Waals surface area contributed by atoms with E-state index in [1.54, 1.807) is 49.4 Å². The minimum Gasteiger partial charge on any atom is -0.492 e. The minimum absolute atomic E-state index is 0.0218. The number of amides is 2. The number of hydrogen-bond acceptors (Lipinski definition) is 5. The molecule has 4 aromatic carbocycles. The molecule has 1 aliphatic rings. The summed E-state index contributed by atoms with van der Waals surface area (Å²) in [6, 6.07) is 25.7. The van der Waals surface area contributed by atoms with Crippen LogP contribution in [0.25, 0.3) is 0 Å². The third-order valence-corrected chi connectivity index (χ3v) is 11.2. The van der Waals surface area contributed by atoms with Crippen LogP contribution in [0.2, 0.25) is 15.1 Å². The zero-order valence-corrected chi connectivity index (χ0v) is 30.1. The summed E-state index contributed by atoms with van der Waals surface area (Å²) in [4.78, 5) is 30.4. The number of nitrogens with one attached hydrogen (secondary N) is 1. The number of ether oxygens (including phenoxy) is 1. The van der Waals surface area contributed by atoms with Crippen molar-refractivity contribution in [3.63, 3.8) is 0 Å². The minimum atomic E-state index is -4.36. The van der Waals surface area contributed by atoms with E-state index in [9.17, 15) is 18.0 Å². The van der Waals surface area contributed by atoms with Crippen LogP contribution in [-0.2, 0) is 32.6 Å². The van der Waals surface area contributed by atoms with E-state index in [1.165, 1.54) is 29.2 Å². The van der Waals surface area contributed by atoms with Gasteiger partial charge in [-0.1, -0.05) is 96.2 Å². The average molecular weight is 743 g/mol. The fourth-order valence-electron chi connectivity index (χ4n) is 5.96. The van der Waals surface area contributed by atoms with Crippen LogP contribution < -0.4 is 14.4 Å². The number of anilines is 1. The van der Waals surface area contributed by atoms with Crippen LogP contribution in [0.4, 0.5) is 5.69 Å². The molecule has 1 aliphatic carbocycles. The van der Waals surface area contributed by atoms with Gasteiger partial charge < -0.3 is 15.0 Å². The van der Waals surface area contributed by atoms with Crippen molar-refractivity contribution in [1.29, 1.82) is 0 Å². The lowest BCUT2D eigenvalue weighted by Crippen LogP contribution is -2.54. The van der Waals surface area contributed by atoms with Crippen molar-refractivity contribution in [2.75, 3.05) is 17.5 Å². The zero-order chi connectivity index (χ0) is 35.0. The molecule has 4 aromatic rings. The van der Waals surface area contributed by atoms with Gasteiger partial charge in [-0.3, -0.25) is 13.9 Å². The van der Waals surface area contributed by atoms with Gasteiger partial charge in [0.15, 0.2) is 0 Å². The van der Waals surface area contributed by atoms with E-state index in [2.05, 4.69) is 5.32 Å². The van der Waals surface area contributed by atoms with Crippen molar-refractivity contribution in [3.8, 4) is 5.75 Å². The lowest BCUT2D eigenvalue weighted by atomic mass is 10.0. The number of benzene rings is 4. The molecule has 0 aliphatic heterocycles. The lowest BCUT2D eigenvalue weighted by molar-refractivity contribution is -0.140. The maximum absolute atomic E-state index is 14.8. The first kappa shape index (κ1) is 36.5. The summed E-state index contributed by atoms with van der Waals surface area (Å²) in [7, 11) is -4.36. The van der Waals surface area contributed by atoms with Crippen molar-refractivity contribution in [2.24, 2.45) is 0 Å². The quantitative estimate of drug-likeness (QED) is 0.142. The lowest BCUT2D eigenvalue weighted by Gasteiger charge is -2.35. The highest BCUT2D eigenvalue weighted by atomic mass is 35.5. The molecule has 0 radical (unpaired) electrons. The molecular weight excluding hydrogens is 705 g/mol. The first-order valence-electron chi connectivity index (χ1n) is 16.1. The molecule has 2 amide bonds. The molecule has 8 nitrogen and oxygen atoms in total. The topological polar surface area (TPSA) is 96.0 Å². The second kappa shape index (κ2) is 16.8. The normalized spacial score (nSPS) is 13.9. The summed E-state index contributed by atoms with van der Waals surface area (Å²) >= 11 is 19.3. The summed E-state index contributed by atoms with van der Waals surface area (Å²) in [5.41, 5.74) is 1.43. The highest BCUT2D eigenvalue weighted by Crippen LogP contribution is 2.34. The summed E-state index contributed by atoms with van der Waals surface area (Å²) in [6.45, 7) is 1.25. The van der Waals surface area contributed by atoms with E-state index in [1.807, 2.05) is 30.3 Å². The molecule has 12 heteroatoms. The molecule has 0 bridgehead atoms. The maximum atomic E-state index is 14.8. The maximum Gasteiger partial charge on any atom is 0.264 e. The van der Waals surface area contributed by atoms with Gasteiger partial charge in [0.05, 0.1) is 17.2 Å². The molecule has 1 fully saturated rings. The number of sulfonamides is 1. The highest BCUT2D eigenvalue weighted by molar-refractivity contribution is 7.92. The molecule has 0 heterocycles. The Morgan fingerprint density at radius 3 is 2.14 bits per heavy atom. The molecule has 0 saturated heterocycles. The van der Waals surface area contributed by atoms with Crippen LogP contribution >= 0.6 is 34.8 Å². The van der Waals surface area contributed by atoms with Crippen LogP contribution in [0.3, 0.4) is 0 Å².